The zero-order chi connectivity index (χ0) is 15.2. The van der Waals surface area contributed by atoms with Crippen molar-refractivity contribution in [3.63, 3.8) is 0 Å². The van der Waals surface area contributed by atoms with Crippen molar-refractivity contribution < 1.29 is 4.74 Å². The maximum atomic E-state index is 9.23. The Morgan fingerprint density at radius 3 is 2.55 bits per heavy atom. The van der Waals surface area contributed by atoms with Crippen molar-refractivity contribution >= 4 is 0 Å². The van der Waals surface area contributed by atoms with Gasteiger partial charge in [-0.05, 0) is 29.3 Å². The van der Waals surface area contributed by atoms with E-state index in [1.54, 1.807) is 18.5 Å². The molecule has 3 aromatic rings. The number of benzene rings is 2. The summed E-state index contributed by atoms with van der Waals surface area (Å²) >= 11 is 0. The summed E-state index contributed by atoms with van der Waals surface area (Å²) in [6.45, 7) is 0.437. The summed E-state index contributed by atoms with van der Waals surface area (Å²) in [5, 5.41) is 9.23. The Labute approximate surface area is 129 Å². The average molecular weight is 286 g/mol. The first kappa shape index (κ1) is 13.8. The minimum Gasteiger partial charge on any atom is -0.488 e. The Kier molecular flexibility index (Phi) is 4.12. The van der Waals surface area contributed by atoms with Crippen molar-refractivity contribution in [2.24, 2.45) is 0 Å². The quantitative estimate of drug-likeness (QED) is 0.722. The summed E-state index contributed by atoms with van der Waals surface area (Å²) in [7, 11) is 0. The number of nitrogens with zero attached hydrogens (tertiary/aromatic N) is 2. The van der Waals surface area contributed by atoms with Crippen LogP contribution in [0.2, 0.25) is 0 Å². The highest BCUT2D eigenvalue weighted by Gasteiger charge is 2.07. The first-order valence-corrected chi connectivity index (χ1v) is 6.98. The van der Waals surface area contributed by atoms with Gasteiger partial charge < -0.3 is 4.74 Å². The van der Waals surface area contributed by atoms with Gasteiger partial charge in [0.05, 0.1) is 5.56 Å². The molecule has 0 bridgehead atoms. The van der Waals surface area contributed by atoms with Crippen molar-refractivity contribution in [2.75, 3.05) is 0 Å². The molecule has 0 atom stereocenters. The number of ether oxygens (including phenoxy) is 1. The van der Waals surface area contributed by atoms with Crippen LogP contribution in [0.5, 0.6) is 5.75 Å². The Hall–Kier alpha value is -3.12. The minimum absolute atomic E-state index is 0.437. The topological polar surface area (TPSA) is 45.9 Å². The van der Waals surface area contributed by atoms with Gasteiger partial charge in [0.2, 0.25) is 0 Å². The highest BCUT2D eigenvalue weighted by Crippen LogP contribution is 2.27. The van der Waals surface area contributed by atoms with Crippen LogP contribution in [0.25, 0.3) is 11.1 Å². The van der Waals surface area contributed by atoms with Crippen LogP contribution < -0.4 is 4.74 Å². The third kappa shape index (κ3) is 3.13. The lowest BCUT2D eigenvalue weighted by molar-refractivity contribution is 0.305. The van der Waals surface area contributed by atoms with Crippen LogP contribution in [0.4, 0.5) is 0 Å². The summed E-state index contributed by atoms with van der Waals surface area (Å²) in [4.78, 5) is 4.12. The van der Waals surface area contributed by atoms with Crippen molar-refractivity contribution in [3.8, 4) is 22.9 Å². The molecular weight excluding hydrogens is 272 g/mol. The van der Waals surface area contributed by atoms with E-state index >= 15 is 0 Å². The Balaban J connectivity index is 1.87. The van der Waals surface area contributed by atoms with Gasteiger partial charge in [-0.1, -0.05) is 42.5 Å². The average Bonchev–Trinajstić information content (AvgIpc) is 2.61. The molecule has 0 aliphatic rings. The second-order valence-electron chi connectivity index (χ2n) is 4.84. The van der Waals surface area contributed by atoms with E-state index in [9.17, 15) is 5.26 Å². The fourth-order valence-corrected chi connectivity index (χ4v) is 2.18. The SMILES string of the molecule is N#Cc1ccc(-c2cccnc2)cc1OCc1ccccc1. The van der Waals surface area contributed by atoms with Gasteiger partial charge in [0.15, 0.2) is 0 Å². The van der Waals surface area contributed by atoms with Crippen molar-refractivity contribution in [2.45, 2.75) is 6.61 Å². The first-order valence-electron chi connectivity index (χ1n) is 6.98. The summed E-state index contributed by atoms with van der Waals surface area (Å²) in [5.74, 6) is 0.590. The number of pyridine rings is 1. The maximum absolute atomic E-state index is 9.23. The molecular formula is C19H14N2O. The van der Waals surface area contributed by atoms with Crippen LogP contribution in [0.1, 0.15) is 11.1 Å². The second kappa shape index (κ2) is 6.55. The minimum atomic E-state index is 0.437. The van der Waals surface area contributed by atoms with Crippen LogP contribution >= 0.6 is 0 Å². The predicted molar refractivity (Wildman–Crippen MR) is 85.2 cm³/mol. The van der Waals surface area contributed by atoms with Crippen molar-refractivity contribution in [1.82, 2.24) is 4.98 Å². The van der Waals surface area contributed by atoms with Crippen molar-refractivity contribution in [1.29, 1.82) is 5.26 Å². The highest BCUT2D eigenvalue weighted by molar-refractivity contribution is 5.66. The molecule has 3 nitrogen and oxygen atoms in total. The molecule has 2 aromatic carbocycles. The van der Waals surface area contributed by atoms with E-state index in [1.165, 1.54) is 0 Å². The van der Waals surface area contributed by atoms with Crippen LogP contribution in [0.15, 0.2) is 73.1 Å². The van der Waals surface area contributed by atoms with Gasteiger partial charge in [-0.2, -0.15) is 5.26 Å². The lowest BCUT2D eigenvalue weighted by Gasteiger charge is -2.10. The molecule has 0 fully saturated rings. The molecule has 0 unspecified atom stereocenters. The molecule has 3 rings (SSSR count). The van der Waals surface area contributed by atoms with Gasteiger partial charge in [-0.3, -0.25) is 4.98 Å². The monoisotopic (exact) mass is 286 g/mol. The Morgan fingerprint density at radius 2 is 1.82 bits per heavy atom. The molecule has 0 N–H and O–H groups in total. The lowest BCUT2D eigenvalue weighted by atomic mass is 10.1. The van der Waals surface area contributed by atoms with E-state index in [-0.39, 0.29) is 0 Å². The molecule has 1 aromatic heterocycles. The predicted octanol–water partition coefficient (Wildman–Crippen LogP) is 4.20. The van der Waals surface area contributed by atoms with E-state index in [1.807, 2.05) is 54.6 Å². The van der Waals surface area contributed by atoms with Crippen LogP contribution in [-0.4, -0.2) is 4.98 Å². The molecule has 1 heterocycles. The summed E-state index contributed by atoms with van der Waals surface area (Å²) in [6.07, 6.45) is 3.53. The van der Waals surface area contributed by atoms with Gasteiger partial charge in [0.25, 0.3) is 0 Å². The Bertz CT molecular complexity index is 793. The normalized spacial score (nSPS) is 9.95. The standard InChI is InChI=1S/C19H14N2O/c20-12-17-9-8-16(18-7-4-10-21-13-18)11-19(17)22-14-15-5-2-1-3-6-15/h1-11,13H,14H2. The maximum Gasteiger partial charge on any atom is 0.138 e. The summed E-state index contributed by atoms with van der Waals surface area (Å²) in [6, 6.07) is 21.5. The number of hydrogen-bond acceptors (Lipinski definition) is 3. The molecule has 0 aliphatic carbocycles. The first-order chi connectivity index (χ1) is 10.9. The molecule has 0 spiro atoms. The Morgan fingerprint density at radius 1 is 0.955 bits per heavy atom. The van der Waals surface area contributed by atoms with Gasteiger partial charge in [-0.15, -0.1) is 0 Å². The lowest BCUT2D eigenvalue weighted by Crippen LogP contribution is -1.97. The molecule has 0 saturated carbocycles. The summed E-state index contributed by atoms with van der Waals surface area (Å²) < 4.78 is 5.83. The largest absolute Gasteiger partial charge is 0.488 e. The third-order valence-electron chi connectivity index (χ3n) is 3.33. The van der Waals surface area contributed by atoms with Gasteiger partial charge in [-0.25, -0.2) is 0 Å². The molecule has 0 amide bonds. The number of rotatable bonds is 4. The zero-order valence-corrected chi connectivity index (χ0v) is 11.9. The van der Waals surface area contributed by atoms with Gasteiger partial charge in [0, 0.05) is 18.0 Å². The fourth-order valence-electron chi connectivity index (χ4n) is 2.18. The van der Waals surface area contributed by atoms with E-state index in [4.69, 9.17) is 4.74 Å². The number of nitriles is 1. The van der Waals surface area contributed by atoms with E-state index in [2.05, 4.69) is 11.1 Å². The number of hydrogen-bond donors (Lipinski definition) is 0. The van der Waals surface area contributed by atoms with Gasteiger partial charge in [0.1, 0.15) is 18.4 Å². The fraction of sp³-hybridized carbons (Fsp3) is 0.0526. The third-order valence-corrected chi connectivity index (χ3v) is 3.33. The smallest absolute Gasteiger partial charge is 0.138 e. The molecule has 0 radical (unpaired) electrons. The number of aromatic nitrogens is 1. The molecule has 22 heavy (non-hydrogen) atoms. The molecule has 106 valence electrons. The second-order valence-corrected chi connectivity index (χ2v) is 4.84. The molecule has 3 heteroatoms. The molecule has 0 aliphatic heterocycles. The van der Waals surface area contributed by atoms with E-state index in [0.717, 1.165) is 16.7 Å². The van der Waals surface area contributed by atoms with Crippen LogP contribution in [-0.2, 0) is 6.61 Å². The van der Waals surface area contributed by atoms with Crippen molar-refractivity contribution in [3.05, 3.63) is 84.2 Å². The zero-order valence-electron chi connectivity index (χ0n) is 11.9. The van der Waals surface area contributed by atoms with Gasteiger partial charge >= 0.3 is 0 Å². The van der Waals surface area contributed by atoms with E-state index < -0.39 is 0 Å². The van der Waals surface area contributed by atoms with Crippen LogP contribution in [0, 0.1) is 11.3 Å². The highest BCUT2D eigenvalue weighted by atomic mass is 16.5. The summed E-state index contributed by atoms with van der Waals surface area (Å²) in [5.41, 5.74) is 3.58. The molecule has 0 saturated heterocycles. The van der Waals surface area contributed by atoms with Crippen LogP contribution in [0.3, 0.4) is 0 Å². The van der Waals surface area contributed by atoms with E-state index in [0.29, 0.717) is 17.9 Å².